The molecule has 5 nitrogen and oxygen atoms in total. The van der Waals surface area contributed by atoms with Crippen molar-refractivity contribution in [3.63, 3.8) is 0 Å². The molecule has 0 spiro atoms. The molecule has 1 unspecified atom stereocenters. The molecular formula is C23H16ClF2NO4S. The maximum atomic E-state index is 14.0. The Morgan fingerprint density at radius 1 is 1.12 bits per heavy atom. The summed E-state index contributed by atoms with van der Waals surface area (Å²) in [7, 11) is 1.44. The second-order valence-electron chi connectivity index (χ2n) is 7.08. The number of rotatable bonds is 4. The fourth-order valence-electron chi connectivity index (χ4n) is 3.62. The first-order chi connectivity index (χ1) is 15.2. The van der Waals surface area contributed by atoms with Crippen molar-refractivity contribution in [3.8, 4) is 5.75 Å². The molecule has 164 valence electrons. The Kier molecular flexibility index (Phi) is 5.75. The van der Waals surface area contributed by atoms with Crippen molar-refractivity contribution in [2.75, 3.05) is 12.0 Å². The average molecular weight is 476 g/mol. The number of ether oxygens (including phenoxy) is 1. The minimum Gasteiger partial charge on any atom is -0.507 e. The van der Waals surface area contributed by atoms with Crippen LogP contribution >= 0.6 is 22.9 Å². The van der Waals surface area contributed by atoms with Gasteiger partial charge in [0, 0.05) is 22.2 Å². The van der Waals surface area contributed by atoms with E-state index in [0.29, 0.717) is 10.6 Å². The number of methoxy groups -OCH3 is 1. The summed E-state index contributed by atoms with van der Waals surface area (Å²) in [6.07, 6.45) is 0. The smallest absolute Gasteiger partial charge is 0.300 e. The van der Waals surface area contributed by atoms with E-state index in [1.807, 2.05) is 0 Å². The fourth-order valence-corrected chi connectivity index (χ4v) is 4.90. The molecule has 0 saturated carbocycles. The first kappa shape index (κ1) is 22.0. The number of anilines is 1. The molecule has 1 aromatic heterocycles. The molecule has 2 heterocycles. The maximum absolute atomic E-state index is 14.0. The van der Waals surface area contributed by atoms with Crippen molar-refractivity contribution < 1.29 is 28.2 Å². The van der Waals surface area contributed by atoms with Gasteiger partial charge in [-0.25, -0.2) is 8.78 Å². The molecule has 0 aliphatic carbocycles. The number of aliphatic hydroxyl groups is 1. The number of aryl methyl sites for hydroxylation is 1. The molecule has 1 saturated heterocycles. The monoisotopic (exact) mass is 475 g/mol. The van der Waals surface area contributed by atoms with Crippen LogP contribution in [-0.2, 0) is 9.59 Å². The Labute approximate surface area is 191 Å². The number of carbonyl (C=O) groups excluding carboxylic acids is 2. The second kappa shape index (κ2) is 8.37. The number of halogens is 3. The van der Waals surface area contributed by atoms with Crippen LogP contribution in [0.15, 0.2) is 53.4 Å². The van der Waals surface area contributed by atoms with Crippen molar-refractivity contribution in [1.82, 2.24) is 0 Å². The number of thiophene rings is 1. The van der Waals surface area contributed by atoms with Gasteiger partial charge >= 0.3 is 0 Å². The number of nitrogens with zero attached hydrogens (tertiary/aromatic N) is 1. The van der Waals surface area contributed by atoms with Gasteiger partial charge in [-0.1, -0.05) is 11.6 Å². The van der Waals surface area contributed by atoms with Crippen molar-refractivity contribution >= 4 is 46.1 Å². The lowest BCUT2D eigenvalue weighted by atomic mass is 9.98. The third kappa shape index (κ3) is 3.55. The Balaban J connectivity index is 1.95. The van der Waals surface area contributed by atoms with Crippen molar-refractivity contribution in [3.05, 3.63) is 86.1 Å². The predicted molar refractivity (Wildman–Crippen MR) is 118 cm³/mol. The van der Waals surface area contributed by atoms with Crippen molar-refractivity contribution in [1.29, 1.82) is 0 Å². The van der Waals surface area contributed by atoms with Crippen LogP contribution in [0.4, 0.5) is 14.5 Å². The van der Waals surface area contributed by atoms with Crippen LogP contribution in [0.25, 0.3) is 5.76 Å². The normalized spacial score (nSPS) is 17.8. The van der Waals surface area contributed by atoms with Gasteiger partial charge in [-0.05, 0) is 54.3 Å². The highest BCUT2D eigenvalue weighted by Crippen LogP contribution is 2.45. The lowest BCUT2D eigenvalue weighted by molar-refractivity contribution is -0.132. The second-order valence-corrected chi connectivity index (χ2v) is 8.44. The Morgan fingerprint density at radius 2 is 1.88 bits per heavy atom. The summed E-state index contributed by atoms with van der Waals surface area (Å²) in [5.74, 6) is -4.21. The van der Waals surface area contributed by atoms with Gasteiger partial charge in [-0.15, -0.1) is 11.3 Å². The summed E-state index contributed by atoms with van der Waals surface area (Å²) in [5.41, 5.74) is 0.800. The van der Waals surface area contributed by atoms with Crippen LogP contribution in [-0.4, -0.2) is 23.9 Å². The summed E-state index contributed by atoms with van der Waals surface area (Å²) in [6, 6.07) is 8.16. The van der Waals surface area contributed by atoms with E-state index >= 15 is 0 Å². The molecule has 32 heavy (non-hydrogen) atoms. The van der Waals surface area contributed by atoms with Gasteiger partial charge in [0.1, 0.15) is 17.6 Å². The molecule has 1 aliphatic heterocycles. The molecule has 4 rings (SSSR count). The number of amides is 1. The third-order valence-electron chi connectivity index (χ3n) is 5.20. The lowest BCUT2D eigenvalue weighted by Gasteiger charge is -2.25. The largest absolute Gasteiger partial charge is 0.507 e. The highest BCUT2D eigenvalue weighted by Gasteiger charge is 2.48. The van der Waals surface area contributed by atoms with Gasteiger partial charge in [0.25, 0.3) is 11.7 Å². The van der Waals surface area contributed by atoms with Gasteiger partial charge in [-0.2, -0.15) is 0 Å². The van der Waals surface area contributed by atoms with E-state index in [4.69, 9.17) is 16.3 Å². The van der Waals surface area contributed by atoms with Crippen LogP contribution in [0, 0.1) is 18.6 Å². The first-order valence-corrected chi connectivity index (χ1v) is 10.6. The molecule has 0 radical (unpaired) electrons. The molecule has 1 atom stereocenters. The number of aliphatic hydroxyl groups excluding tert-OH is 1. The number of hydrogen-bond acceptors (Lipinski definition) is 5. The van der Waals surface area contributed by atoms with Gasteiger partial charge in [0.2, 0.25) is 0 Å². The maximum Gasteiger partial charge on any atom is 0.300 e. The van der Waals surface area contributed by atoms with E-state index < -0.39 is 35.1 Å². The standard InChI is InChI=1S/C23H16ClF2NO4S/c1-11-7-8-32-22(11)19-18(20(28)12-3-6-17(31-2)14(24)9-12)21(29)23(30)27(19)13-4-5-15(25)16(26)10-13/h3-10,19,28H,1-2H3/b20-18-. The minimum absolute atomic E-state index is 0.00406. The van der Waals surface area contributed by atoms with Crippen LogP contribution in [0.5, 0.6) is 5.75 Å². The topological polar surface area (TPSA) is 66.8 Å². The molecule has 1 N–H and O–H groups in total. The van der Waals surface area contributed by atoms with Crippen molar-refractivity contribution in [2.45, 2.75) is 13.0 Å². The summed E-state index contributed by atoms with van der Waals surface area (Å²) in [5, 5.41) is 13.1. The van der Waals surface area contributed by atoms with Gasteiger partial charge in [0.15, 0.2) is 11.6 Å². The highest BCUT2D eigenvalue weighted by atomic mass is 35.5. The van der Waals surface area contributed by atoms with Crippen LogP contribution in [0.3, 0.4) is 0 Å². The quantitative estimate of drug-likeness (QED) is 0.302. The van der Waals surface area contributed by atoms with Gasteiger partial charge in [0.05, 0.1) is 17.7 Å². The summed E-state index contributed by atoms with van der Waals surface area (Å²) in [4.78, 5) is 27.7. The predicted octanol–water partition coefficient (Wildman–Crippen LogP) is 5.62. The van der Waals surface area contributed by atoms with Crippen LogP contribution in [0.1, 0.15) is 22.0 Å². The number of Topliss-reactive ketones (excluding diaryl/α,β-unsaturated/α-hetero) is 1. The molecule has 0 bridgehead atoms. The minimum atomic E-state index is -1.16. The van der Waals surface area contributed by atoms with E-state index in [1.54, 1.807) is 18.4 Å². The fraction of sp³-hybridized carbons (Fsp3) is 0.130. The number of benzene rings is 2. The number of carbonyl (C=O) groups is 2. The molecule has 9 heteroatoms. The molecule has 2 aromatic carbocycles. The Morgan fingerprint density at radius 3 is 2.47 bits per heavy atom. The Bertz CT molecular complexity index is 1290. The van der Waals surface area contributed by atoms with Gasteiger partial charge in [-0.3, -0.25) is 14.5 Å². The van der Waals surface area contributed by atoms with Crippen molar-refractivity contribution in [2.24, 2.45) is 0 Å². The number of hydrogen-bond donors (Lipinski definition) is 1. The molecule has 1 aliphatic rings. The van der Waals surface area contributed by atoms with E-state index in [-0.39, 0.29) is 21.8 Å². The van der Waals surface area contributed by atoms with E-state index in [2.05, 4.69) is 0 Å². The molecule has 1 fully saturated rings. The zero-order valence-corrected chi connectivity index (χ0v) is 18.4. The summed E-state index contributed by atoms with van der Waals surface area (Å²) >= 11 is 7.44. The zero-order chi connectivity index (χ0) is 23.2. The third-order valence-corrected chi connectivity index (χ3v) is 6.57. The first-order valence-electron chi connectivity index (χ1n) is 9.38. The molecule has 1 amide bonds. The summed E-state index contributed by atoms with van der Waals surface area (Å²) in [6.45, 7) is 1.79. The number of ketones is 1. The zero-order valence-electron chi connectivity index (χ0n) is 16.9. The Hall–Kier alpha value is -3.23. The molecular weight excluding hydrogens is 460 g/mol. The molecule has 3 aromatic rings. The van der Waals surface area contributed by atoms with E-state index in [0.717, 1.165) is 22.6 Å². The van der Waals surface area contributed by atoms with E-state index in [1.165, 1.54) is 42.7 Å². The highest BCUT2D eigenvalue weighted by molar-refractivity contribution is 7.10. The van der Waals surface area contributed by atoms with Crippen LogP contribution < -0.4 is 9.64 Å². The van der Waals surface area contributed by atoms with E-state index in [9.17, 15) is 23.5 Å². The summed E-state index contributed by atoms with van der Waals surface area (Å²) < 4.78 is 32.6. The van der Waals surface area contributed by atoms with Crippen LogP contribution in [0.2, 0.25) is 5.02 Å². The average Bonchev–Trinajstić information content (AvgIpc) is 3.30. The SMILES string of the molecule is COc1ccc(/C(O)=C2/C(=O)C(=O)N(c3ccc(F)c(F)c3)C2c2sccc2C)cc1Cl. The van der Waals surface area contributed by atoms with Gasteiger partial charge < -0.3 is 9.84 Å². The lowest BCUT2D eigenvalue weighted by Crippen LogP contribution is -2.29.